The van der Waals surface area contributed by atoms with E-state index in [1.165, 1.54) is 0 Å². The fourth-order valence-corrected chi connectivity index (χ4v) is 0.801. The second-order valence-corrected chi connectivity index (χ2v) is 3.56. The van der Waals surface area contributed by atoms with Crippen molar-refractivity contribution in [2.24, 2.45) is 0 Å². The minimum absolute atomic E-state index is 0.345. The third-order valence-corrected chi connectivity index (χ3v) is 2.60. The third kappa shape index (κ3) is 2.79. The van der Waals surface area contributed by atoms with Crippen molar-refractivity contribution >= 4 is 10.2 Å². The van der Waals surface area contributed by atoms with E-state index in [9.17, 15) is 0 Å². The van der Waals surface area contributed by atoms with E-state index in [0.29, 0.717) is 0 Å². The fourth-order valence-electron chi connectivity index (χ4n) is 0.512. The fraction of sp³-hybridized carbons (Fsp3) is 0.667. The highest BCUT2D eigenvalue weighted by Gasteiger charge is 2.18. The van der Waals surface area contributed by atoms with E-state index in [4.69, 9.17) is 9.47 Å². The lowest BCUT2D eigenvalue weighted by Gasteiger charge is -2.24. The van der Waals surface area contributed by atoms with Crippen LogP contribution < -0.4 is 0 Å². The molecule has 0 atom stereocenters. The highest BCUT2D eigenvalue weighted by molar-refractivity contribution is 6.13. The van der Waals surface area contributed by atoms with Gasteiger partial charge in [0.25, 0.3) is 0 Å². The molecule has 9 heavy (non-hydrogen) atoms. The maximum atomic E-state index is 5.10. The van der Waals surface area contributed by atoms with Crippen molar-refractivity contribution in [3.63, 3.8) is 0 Å². The van der Waals surface area contributed by atoms with Crippen molar-refractivity contribution in [1.82, 2.24) is 0 Å². The van der Waals surface area contributed by atoms with E-state index in [-0.39, 0.29) is 5.41 Å². The zero-order chi connectivity index (χ0) is 7.33. The first-order valence-electron chi connectivity index (χ1n) is 2.89. The molecule has 0 saturated carbocycles. The second-order valence-electron chi connectivity index (χ2n) is 2.03. The van der Waals surface area contributed by atoms with Gasteiger partial charge in [-0.2, -0.15) is 0 Å². The van der Waals surface area contributed by atoms with Crippen LogP contribution in [0.25, 0.3) is 0 Å². The zero-order valence-corrected chi connectivity index (χ0v) is 8.31. The van der Waals surface area contributed by atoms with Gasteiger partial charge in [-0.3, -0.25) is 0 Å². The lowest BCUT2D eigenvalue weighted by atomic mass is 10.4. The van der Waals surface area contributed by atoms with Crippen LogP contribution in [0, 0.1) is 0 Å². The summed E-state index contributed by atoms with van der Waals surface area (Å²) >= 11 is 0. The standard InChI is InChI=1S/C6H14O2Si/c1-4-5-6(9,7-2)8-3/h4H,1,5H2,2-3,9H3. The van der Waals surface area contributed by atoms with Gasteiger partial charge in [-0.05, 0) is 0 Å². The van der Waals surface area contributed by atoms with Crippen molar-refractivity contribution < 1.29 is 9.47 Å². The minimum atomic E-state index is -0.345. The predicted molar refractivity (Wildman–Crippen MR) is 41.5 cm³/mol. The molecule has 0 amide bonds. The van der Waals surface area contributed by atoms with Crippen LogP contribution in [0.2, 0.25) is 0 Å². The van der Waals surface area contributed by atoms with Gasteiger partial charge in [0.15, 0.2) is 0 Å². The van der Waals surface area contributed by atoms with Gasteiger partial charge in [-0.25, -0.2) is 0 Å². The van der Waals surface area contributed by atoms with Gasteiger partial charge in [-0.1, -0.05) is 6.08 Å². The SMILES string of the molecule is C=CCC([SiH3])(OC)OC. The molecule has 3 heteroatoms. The first-order valence-corrected chi connectivity index (χ1v) is 3.89. The van der Waals surface area contributed by atoms with Crippen LogP contribution >= 0.6 is 0 Å². The van der Waals surface area contributed by atoms with Crippen LogP contribution in [-0.4, -0.2) is 29.9 Å². The molecule has 54 valence electrons. The van der Waals surface area contributed by atoms with Crippen LogP contribution in [0.1, 0.15) is 6.42 Å². The Morgan fingerprint density at radius 3 is 2.11 bits per heavy atom. The third-order valence-electron chi connectivity index (χ3n) is 1.38. The number of methoxy groups -OCH3 is 2. The summed E-state index contributed by atoms with van der Waals surface area (Å²) in [4.78, 5) is 0. The number of rotatable bonds is 4. The molecule has 0 bridgehead atoms. The summed E-state index contributed by atoms with van der Waals surface area (Å²) < 4.78 is 10.2. The molecular weight excluding hydrogens is 132 g/mol. The summed E-state index contributed by atoms with van der Waals surface area (Å²) in [5, 5.41) is 0. The average Bonchev–Trinajstić information content (AvgIpc) is 1.89. The zero-order valence-electron chi connectivity index (χ0n) is 6.31. The van der Waals surface area contributed by atoms with Gasteiger partial charge in [0.05, 0.1) is 10.2 Å². The number of hydrogen-bond acceptors (Lipinski definition) is 2. The maximum absolute atomic E-state index is 5.10. The lowest BCUT2D eigenvalue weighted by molar-refractivity contribution is -0.138. The van der Waals surface area contributed by atoms with E-state index in [1.807, 2.05) is 0 Å². The smallest absolute Gasteiger partial charge is 0.144 e. The van der Waals surface area contributed by atoms with Gasteiger partial charge in [-0.15, -0.1) is 6.58 Å². The molecule has 0 aliphatic heterocycles. The van der Waals surface area contributed by atoms with E-state index < -0.39 is 0 Å². The Labute approximate surface area is 59.3 Å². The maximum Gasteiger partial charge on any atom is 0.144 e. The summed E-state index contributed by atoms with van der Waals surface area (Å²) in [5.74, 6) is 0. The van der Waals surface area contributed by atoms with Crippen molar-refractivity contribution in [3.05, 3.63) is 12.7 Å². The molecule has 0 aromatic heterocycles. The van der Waals surface area contributed by atoms with E-state index in [0.717, 1.165) is 16.7 Å². The Bertz CT molecular complexity index is 89.1. The van der Waals surface area contributed by atoms with E-state index in [2.05, 4.69) is 6.58 Å². The normalized spacial score (nSPS) is 11.8. The van der Waals surface area contributed by atoms with Crippen LogP contribution in [0.15, 0.2) is 12.7 Å². The summed E-state index contributed by atoms with van der Waals surface area (Å²) in [5.41, 5.74) is -0.345. The monoisotopic (exact) mass is 146 g/mol. The second kappa shape index (κ2) is 3.82. The number of hydrogen-bond donors (Lipinski definition) is 0. The predicted octanol–water partition coefficient (Wildman–Crippen LogP) is -0.126. The summed E-state index contributed by atoms with van der Waals surface area (Å²) in [6.07, 6.45) is 2.58. The summed E-state index contributed by atoms with van der Waals surface area (Å²) in [6, 6.07) is 0. The molecule has 0 saturated heterocycles. The van der Waals surface area contributed by atoms with Gasteiger partial charge in [0.1, 0.15) is 5.41 Å². The van der Waals surface area contributed by atoms with E-state index in [1.54, 1.807) is 20.3 Å². The van der Waals surface area contributed by atoms with Gasteiger partial charge < -0.3 is 9.47 Å². The largest absolute Gasteiger partial charge is 0.358 e. The Morgan fingerprint density at radius 1 is 1.56 bits per heavy atom. The molecule has 2 nitrogen and oxygen atoms in total. The van der Waals surface area contributed by atoms with Crippen molar-refractivity contribution in [1.29, 1.82) is 0 Å². The van der Waals surface area contributed by atoms with Crippen molar-refractivity contribution in [2.75, 3.05) is 14.2 Å². The molecule has 0 spiro atoms. The molecule has 0 N–H and O–H groups in total. The van der Waals surface area contributed by atoms with Crippen molar-refractivity contribution in [2.45, 2.75) is 11.8 Å². The molecular formula is C6H14O2Si. The average molecular weight is 146 g/mol. The molecule has 0 unspecified atom stereocenters. The van der Waals surface area contributed by atoms with E-state index >= 15 is 0 Å². The topological polar surface area (TPSA) is 18.5 Å². The van der Waals surface area contributed by atoms with Gasteiger partial charge >= 0.3 is 0 Å². The lowest BCUT2D eigenvalue weighted by Crippen LogP contribution is -2.33. The Kier molecular flexibility index (Phi) is 3.77. The van der Waals surface area contributed by atoms with Crippen LogP contribution in [0.4, 0.5) is 0 Å². The molecule has 0 radical (unpaired) electrons. The summed E-state index contributed by atoms with van der Waals surface area (Å²) in [6.45, 7) is 3.60. The molecule has 0 rings (SSSR count). The quantitative estimate of drug-likeness (QED) is 0.313. The molecule has 0 aliphatic carbocycles. The molecule has 0 aromatic carbocycles. The first-order chi connectivity index (χ1) is 4.18. The molecule has 0 aliphatic rings. The number of ether oxygens (including phenoxy) is 2. The van der Waals surface area contributed by atoms with Crippen molar-refractivity contribution in [3.8, 4) is 0 Å². The van der Waals surface area contributed by atoms with Gasteiger partial charge in [0.2, 0.25) is 0 Å². The molecule has 0 aromatic rings. The van der Waals surface area contributed by atoms with Crippen LogP contribution in [0.5, 0.6) is 0 Å². The minimum Gasteiger partial charge on any atom is -0.358 e. The molecule has 0 heterocycles. The first kappa shape index (κ1) is 8.88. The van der Waals surface area contributed by atoms with Crippen LogP contribution in [-0.2, 0) is 9.47 Å². The highest BCUT2D eigenvalue weighted by Crippen LogP contribution is 2.10. The Morgan fingerprint density at radius 2 is 2.00 bits per heavy atom. The van der Waals surface area contributed by atoms with Crippen LogP contribution in [0.3, 0.4) is 0 Å². The Balaban J connectivity index is 3.75. The Hall–Kier alpha value is -0.123. The highest BCUT2D eigenvalue weighted by atomic mass is 28.1. The van der Waals surface area contributed by atoms with Gasteiger partial charge in [0, 0.05) is 20.6 Å². The molecule has 0 fully saturated rings. The summed E-state index contributed by atoms with van der Waals surface area (Å²) in [7, 11) is 4.17.